The van der Waals surface area contributed by atoms with Gasteiger partial charge >= 0.3 is 11.9 Å². The van der Waals surface area contributed by atoms with Gasteiger partial charge in [-0.05, 0) is 29.3 Å². The lowest BCUT2D eigenvalue weighted by molar-refractivity contribution is -0.132. The molecule has 0 heterocycles. The fraction of sp³-hybridized carbons (Fsp3) is 0.0500. The van der Waals surface area contributed by atoms with E-state index in [0.29, 0.717) is 5.56 Å². The van der Waals surface area contributed by atoms with E-state index in [4.69, 9.17) is 15.9 Å². The van der Waals surface area contributed by atoms with E-state index >= 15 is 0 Å². The van der Waals surface area contributed by atoms with Crippen LogP contribution < -0.4 is 5.73 Å². The number of carbonyl (C=O) groups excluding carboxylic acids is 3. The molecule has 8 heteroatoms. The maximum absolute atomic E-state index is 12.3. The molecule has 0 bridgehead atoms. The summed E-state index contributed by atoms with van der Waals surface area (Å²) in [5.41, 5.74) is 5.35. The third-order valence-electron chi connectivity index (χ3n) is 3.82. The van der Waals surface area contributed by atoms with Gasteiger partial charge in [0.15, 0.2) is 5.78 Å². The van der Waals surface area contributed by atoms with Crippen LogP contribution in [0.1, 0.15) is 42.2 Å². The molecule has 4 N–H and O–H groups in total. The number of Topliss-reactive ketones (excluding diaryl/α,β-unsaturated/α-hetero) is 2. The second kappa shape index (κ2) is 8.65. The molecular weight excluding hydrogens is 366 g/mol. The smallest absolute Gasteiger partial charge is 0.377 e. The maximum Gasteiger partial charge on any atom is 0.377 e. The number of ketones is 3. The third-order valence-corrected chi connectivity index (χ3v) is 3.82. The summed E-state index contributed by atoms with van der Waals surface area (Å²) in [7, 11) is 0. The Kier molecular flexibility index (Phi) is 6.30. The van der Waals surface area contributed by atoms with Crippen LogP contribution >= 0.6 is 0 Å². The van der Waals surface area contributed by atoms with E-state index in [0.717, 1.165) is 23.8 Å². The Hall–Kier alpha value is -3.91. The highest BCUT2D eigenvalue weighted by molar-refractivity contribution is 6.47. The lowest BCUT2D eigenvalue weighted by atomic mass is 9.94. The number of benzene rings is 2. The van der Waals surface area contributed by atoms with Crippen LogP contribution in [0.4, 0.5) is 0 Å². The molecule has 0 saturated heterocycles. The van der Waals surface area contributed by atoms with Gasteiger partial charge < -0.3 is 15.9 Å². The number of nitrogens with two attached hydrogens (primary N) is 1. The average molecular weight is 381 g/mol. The van der Waals surface area contributed by atoms with Crippen molar-refractivity contribution in [3.8, 4) is 0 Å². The molecule has 2 rings (SSSR count). The van der Waals surface area contributed by atoms with Crippen molar-refractivity contribution in [1.82, 2.24) is 0 Å². The van der Waals surface area contributed by atoms with E-state index in [1.165, 1.54) is 12.1 Å². The van der Waals surface area contributed by atoms with Crippen LogP contribution in [0, 0.1) is 0 Å². The normalized spacial score (nSPS) is 10.6. The first-order chi connectivity index (χ1) is 13.3. The molecule has 0 aromatic heterocycles. The van der Waals surface area contributed by atoms with Gasteiger partial charge in [-0.15, -0.1) is 0 Å². The highest BCUT2D eigenvalue weighted by Crippen LogP contribution is 2.19. The predicted molar refractivity (Wildman–Crippen MR) is 98.1 cm³/mol. The lowest BCUT2D eigenvalue weighted by Gasteiger charge is -2.08. The maximum atomic E-state index is 12.3. The zero-order chi connectivity index (χ0) is 20.8. The Bertz CT molecular complexity index is 1020. The highest BCUT2D eigenvalue weighted by atomic mass is 16.4. The SMILES string of the molecule is NCc1cccc(C(=O)C=Cc2cccc(C(=O)C(=O)O)c2C(=O)C(=O)O)c1. The molecule has 0 aliphatic carbocycles. The number of allylic oxidation sites excluding steroid dienone is 1. The van der Waals surface area contributed by atoms with Gasteiger partial charge in [0, 0.05) is 23.2 Å². The number of carboxylic acids is 2. The standard InChI is InChI=1S/C20H15NO7/c21-10-11-3-1-5-13(9-11)15(22)8-7-12-4-2-6-14(17(23)19(25)26)16(12)18(24)20(27)28/h1-9H,10,21H2,(H,25,26)(H,27,28). The van der Waals surface area contributed by atoms with Crippen LogP contribution in [0.25, 0.3) is 6.08 Å². The number of carbonyl (C=O) groups is 5. The van der Waals surface area contributed by atoms with E-state index in [9.17, 15) is 24.0 Å². The first-order valence-corrected chi connectivity index (χ1v) is 7.96. The number of aliphatic carboxylic acids is 2. The second-order valence-electron chi connectivity index (χ2n) is 5.64. The van der Waals surface area contributed by atoms with Gasteiger partial charge in [-0.2, -0.15) is 0 Å². The molecular formula is C20H15NO7. The summed E-state index contributed by atoms with van der Waals surface area (Å²) < 4.78 is 0. The van der Waals surface area contributed by atoms with Crippen molar-refractivity contribution in [3.63, 3.8) is 0 Å². The highest BCUT2D eigenvalue weighted by Gasteiger charge is 2.27. The summed E-state index contributed by atoms with van der Waals surface area (Å²) in [4.78, 5) is 58.3. The molecule has 2 aromatic rings. The minimum atomic E-state index is -1.86. The van der Waals surface area contributed by atoms with Crippen molar-refractivity contribution < 1.29 is 34.2 Å². The molecule has 0 atom stereocenters. The second-order valence-corrected chi connectivity index (χ2v) is 5.64. The molecule has 0 unspecified atom stereocenters. The Morgan fingerprint density at radius 2 is 1.54 bits per heavy atom. The molecule has 0 saturated carbocycles. The van der Waals surface area contributed by atoms with Crippen LogP contribution in [0.15, 0.2) is 48.5 Å². The van der Waals surface area contributed by atoms with Crippen LogP contribution in [0.3, 0.4) is 0 Å². The molecule has 0 amide bonds. The molecule has 0 aliphatic heterocycles. The Morgan fingerprint density at radius 3 is 2.14 bits per heavy atom. The van der Waals surface area contributed by atoms with E-state index < -0.39 is 40.4 Å². The van der Waals surface area contributed by atoms with Gasteiger partial charge in [0.1, 0.15) is 0 Å². The summed E-state index contributed by atoms with van der Waals surface area (Å²) in [6, 6.07) is 10.2. The first kappa shape index (κ1) is 20.4. The number of rotatable bonds is 8. The zero-order valence-corrected chi connectivity index (χ0v) is 14.4. The molecule has 8 nitrogen and oxygen atoms in total. The number of hydrogen-bond acceptors (Lipinski definition) is 6. The fourth-order valence-electron chi connectivity index (χ4n) is 2.49. The minimum Gasteiger partial charge on any atom is -0.475 e. The van der Waals surface area contributed by atoms with Gasteiger partial charge in [-0.1, -0.05) is 36.4 Å². The summed E-state index contributed by atoms with van der Waals surface area (Å²) in [5, 5.41) is 17.9. The summed E-state index contributed by atoms with van der Waals surface area (Å²) in [6.07, 6.45) is 2.25. The molecule has 142 valence electrons. The van der Waals surface area contributed by atoms with Gasteiger partial charge in [0.2, 0.25) is 0 Å². The molecule has 0 radical (unpaired) electrons. The summed E-state index contributed by atoms with van der Waals surface area (Å²) in [5.74, 6) is -7.03. The third kappa shape index (κ3) is 4.43. The fourth-order valence-corrected chi connectivity index (χ4v) is 2.49. The molecule has 0 spiro atoms. The number of carboxylic acid groups (broad SMARTS) is 2. The van der Waals surface area contributed by atoms with E-state index in [2.05, 4.69) is 0 Å². The van der Waals surface area contributed by atoms with Crippen LogP contribution in [0.5, 0.6) is 0 Å². The van der Waals surface area contributed by atoms with Crippen LogP contribution in [-0.2, 0) is 16.1 Å². The van der Waals surface area contributed by atoms with Gasteiger partial charge in [-0.3, -0.25) is 14.4 Å². The quantitative estimate of drug-likeness (QED) is 0.354. The van der Waals surface area contributed by atoms with E-state index in [1.807, 2.05) is 0 Å². The van der Waals surface area contributed by atoms with Crippen molar-refractivity contribution in [2.24, 2.45) is 5.73 Å². The van der Waals surface area contributed by atoms with Crippen LogP contribution in [0.2, 0.25) is 0 Å². The molecule has 28 heavy (non-hydrogen) atoms. The van der Waals surface area contributed by atoms with Gasteiger partial charge in [-0.25, -0.2) is 9.59 Å². The Labute approximate surface area is 158 Å². The Morgan fingerprint density at radius 1 is 0.893 bits per heavy atom. The summed E-state index contributed by atoms with van der Waals surface area (Å²) >= 11 is 0. The average Bonchev–Trinajstić information content (AvgIpc) is 2.70. The first-order valence-electron chi connectivity index (χ1n) is 7.96. The topological polar surface area (TPSA) is 152 Å². The lowest BCUT2D eigenvalue weighted by Crippen LogP contribution is -2.22. The molecule has 0 aliphatic rings. The van der Waals surface area contributed by atoms with Crippen molar-refractivity contribution in [1.29, 1.82) is 0 Å². The zero-order valence-electron chi connectivity index (χ0n) is 14.4. The molecule has 0 fully saturated rings. The molecule has 2 aromatic carbocycles. The van der Waals surface area contributed by atoms with Crippen molar-refractivity contribution >= 4 is 35.4 Å². The monoisotopic (exact) mass is 381 g/mol. The van der Waals surface area contributed by atoms with Crippen molar-refractivity contribution in [2.75, 3.05) is 0 Å². The van der Waals surface area contributed by atoms with Gasteiger partial charge in [0.25, 0.3) is 11.6 Å². The summed E-state index contributed by atoms with van der Waals surface area (Å²) in [6.45, 7) is 0.238. The van der Waals surface area contributed by atoms with Crippen molar-refractivity contribution in [2.45, 2.75) is 6.54 Å². The number of hydrogen-bond donors (Lipinski definition) is 3. The Balaban J connectivity index is 2.51. The van der Waals surface area contributed by atoms with Crippen molar-refractivity contribution in [3.05, 3.63) is 76.4 Å². The van der Waals surface area contributed by atoms with Crippen LogP contribution in [-0.4, -0.2) is 39.5 Å². The van der Waals surface area contributed by atoms with E-state index in [1.54, 1.807) is 24.3 Å². The van der Waals surface area contributed by atoms with Gasteiger partial charge in [0.05, 0.1) is 0 Å². The largest absolute Gasteiger partial charge is 0.475 e. The minimum absolute atomic E-state index is 0.0668. The predicted octanol–water partition coefficient (Wildman–Crippen LogP) is 1.58. The van der Waals surface area contributed by atoms with E-state index in [-0.39, 0.29) is 12.1 Å².